The van der Waals surface area contributed by atoms with Crippen LogP contribution in [0.2, 0.25) is 5.02 Å². The maximum absolute atomic E-state index is 12.3. The number of nitrogens with one attached hydrogen (secondary N) is 1. The van der Waals surface area contributed by atoms with Crippen LogP contribution in [0.25, 0.3) is 5.57 Å². The van der Waals surface area contributed by atoms with Crippen LogP contribution in [0, 0.1) is 6.92 Å². The molecule has 5 heteroatoms. The maximum Gasteiger partial charge on any atom is 0.341 e. The lowest BCUT2D eigenvalue weighted by Crippen LogP contribution is -2.27. The van der Waals surface area contributed by atoms with Crippen molar-refractivity contribution in [3.63, 3.8) is 0 Å². The summed E-state index contributed by atoms with van der Waals surface area (Å²) in [6, 6.07) is 14.3. The van der Waals surface area contributed by atoms with E-state index in [2.05, 4.69) is 11.9 Å². The van der Waals surface area contributed by atoms with Gasteiger partial charge in [-0.1, -0.05) is 48.0 Å². The molecule has 1 amide bonds. The first-order chi connectivity index (χ1) is 12.0. The number of aryl methyl sites for hydroxylation is 1. The third kappa shape index (κ3) is 3.64. The molecule has 0 bridgehead atoms. The Morgan fingerprint density at radius 3 is 2.60 bits per heavy atom. The number of amides is 1. The van der Waals surface area contributed by atoms with Crippen molar-refractivity contribution in [3.8, 4) is 0 Å². The topological polar surface area (TPSA) is 55.4 Å². The van der Waals surface area contributed by atoms with Gasteiger partial charge in [0.2, 0.25) is 0 Å². The van der Waals surface area contributed by atoms with Gasteiger partial charge in [-0.25, -0.2) is 4.79 Å². The quantitative estimate of drug-likeness (QED) is 0.848. The Labute approximate surface area is 150 Å². The van der Waals surface area contributed by atoms with Gasteiger partial charge < -0.3 is 10.1 Å². The zero-order valence-electron chi connectivity index (χ0n) is 13.6. The van der Waals surface area contributed by atoms with Crippen LogP contribution >= 0.6 is 11.6 Å². The lowest BCUT2D eigenvalue weighted by molar-refractivity contribution is -0.133. The molecular weight excluding hydrogens is 338 g/mol. The second-order valence-corrected chi connectivity index (χ2v) is 6.16. The van der Waals surface area contributed by atoms with E-state index in [9.17, 15) is 9.59 Å². The molecule has 0 aromatic heterocycles. The molecule has 2 aromatic rings. The summed E-state index contributed by atoms with van der Waals surface area (Å²) >= 11 is 6.03. The maximum atomic E-state index is 12.3. The fourth-order valence-electron chi connectivity index (χ4n) is 2.61. The molecule has 1 N–H and O–H groups in total. The lowest BCUT2D eigenvalue weighted by atomic mass is 10.00. The number of ether oxygens (including phenoxy) is 1. The standard InChI is InChI=1S/C20H16ClNO3/c1-12-6-8-14(9-7-12)19(23)22-11-17-18(13(2)25-20(17)24)15-4-3-5-16(21)10-15/h3-10H,2,11H2,1H3,(H,22,23). The first-order valence-corrected chi connectivity index (χ1v) is 8.09. The highest BCUT2D eigenvalue weighted by molar-refractivity contribution is 6.30. The molecule has 0 unspecified atom stereocenters. The molecule has 0 fully saturated rings. The molecule has 1 aliphatic rings. The van der Waals surface area contributed by atoms with Gasteiger partial charge in [-0.2, -0.15) is 0 Å². The van der Waals surface area contributed by atoms with Crippen LogP contribution in [0.4, 0.5) is 0 Å². The van der Waals surface area contributed by atoms with E-state index in [1.54, 1.807) is 30.3 Å². The summed E-state index contributed by atoms with van der Waals surface area (Å²) in [6.45, 7) is 5.78. The van der Waals surface area contributed by atoms with Crippen LogP contribution in [-0.4, -0.2) is 18.4 Å². The Morgan fingerprint density at radius 1 is 1.20 bits per heavy atom. The van der Waals surface area contributed by atoms with Crippen LogP contribution < -0.4 is 5.32 Å². The molecule has 2 aromatic carbocycles. The van der Waals surface area contributed by atoms with Crippen molar-refractivity contribution >= 4 is 29.1 Å². The van der Waals surface area contributed by atoms with Crippen molar-refractivity contribution in [2.45, 2.75) is 6.92 Å². The van der Waals surface area contributed by atoms with Gasteiger partial charge in [0.15, 0.2) is 0 Å². The largest absolute Gasteiger partial charge is 0.423 e. The summed E-state index contributed by atoms with van der Waals surface area (Å²) in [5.74, 6) is -0.515. The number of cyclic esters (lactones) is 1. The van der Waals surface area contributed by atoms with Gasteiger partial charge in [-0.15, -0.1) is 0 Å². The van der Waals surface area contributed by atoms with Gasteiger partial charge in [0.25, 0.3) is 5.91 Å². The minimum atomic E-state index is -0.510. The highest BCUT2D eigenvalue weighted by Crippen LogP contribution is 2.34. The average Bonchev–Trinajstić information content (AvgIpc) is 2.86. The molecule has 4 nitrogen and oxygen atoms in total. The number of carbonyl (C=O) groups is 2. The number of esters is 1. The zero-order chi connectivity index (χ0) is 18.0. The van der Waals surface area contributed by atoms with Crippen molar-refractivity contribution in [1.82, 2.24) is 5.32 Å². The number of hydrogen-bond donors (Lipinski definition) is 1. The Morgan fingerprint density at radius 2 is 1.92 bits per heavy atom. The SMILES string of the molecule is C=C1OC(=O)C(CNC(=O)c2ccc(C)cc2)=C1c1cccc(Cl)c1. The Hall–Kier alpha value is -2.85. The molecule has 0 spiro atoms. The molecule has 1 heterocycles. The molecule has 0 aliphatic carbocycles. The van der Waals surface area contributed by atoms with E-state index in [0.717, 1.165) is 11.1 Å². The van der Waals surface area contributed by atoms with Gasteiger partial charge in [-0.05, 0) is 36.8 Å². The monoisotopic (exact) mass is 353 g/mol. The summed E-state index contributed by atoms with van der Waals surface area (Å²) in [5.41, 5.74) is 3.24. The van der Waals surface area contributed by atoms with Crippen LogP contribution in [0.5, 0.6) is 0 Å². The molecule has 0 atom stereocenters. The highest BCUT2D eigenvalue weighted by Gasteiger charge is 2.29. The van der Waals surface area contributed by atoms with Gasteiger partial charge in [0.05, 0.1) is 12.1 Å². The molecular formula is C20H16ClNO3. The van der Waals surface area contributed by atoms with Gasteiger partial charge >= 0.3 is 5.97 Å². The Kier molecular flexibility index (Phi) is 4.72. The number of rotatable bonds is 4. The lowest BCUT2D eigenvalue weighted by Gasteiger charge is -2.07. The van der Waals surface area contributed by atoms with E-state index in [-0.39, 0.29) is 18.2 Å². The Bertz CT molecular complexity index is 897. The summed E-state index contributed by atoms with van der Waals surface area (Å²) in [6.07, 6.45) is 0. The van der Waals surface area contributed by atoms with Gasteiger partial charge in [0, 0.05) is 16.2 Å². The third-order valence-corrected chi connectivity index (χ3v) is 4.13. The predicted octanol–water partition coefficient (Wildman–Crippen LogP) is 3.90. The number of halogens is 1. The smallest absolute Gasteiger partial charge is 0.341 e. The molecule has 0 saturated heterocycles. The van der Waals surface area contributed by atoms with E-state index in [1.165, 1.54) is 0 Å². The van der Waals surface area contributed by atoms with E-state index in [0.29, 0.717) is 21.7 Å². The average molecular weight is 354 g/mol. The number of benzene rings is 2. The Balaban J connectivity index is 1.85. The molecule has 0 radical (unpaired) electrons. The number of allylic oxidation sites excluding steroid dienone is 1. The minimum absolute atomic E-state index is 0.0480. The first-order valence-electron chi connectivity index (χ1n) is 7.71. The summed E-state index contributed by atoms with van der Waals surface area (Å²) in [5, 5.41) is 3.30. The highest BCUT2D eigenvalue weighted by atomic mass is 35.5. The van der Waals surface area contributed by atoms with E-state index < -0.39 is 5.97 Å². The first kappa shape index (κ1) is 17.0. The molecule has 25 heavy (non-hydrogen) atoms. The predicted molar refractivity (Wildman–Crippen MR) is 97.1 cm³/mol. The van der Waals surface area contributed by atoms with Crippen LogP contribution in [0.3, 0.4) is 0 Å². The van der Waals surface area contributed by atoms with E-state index >= 15 is 0 Å². The van der Waals surface area contributed by atoms with Crippen molar-refractivity contribution in [2.75, 3.05) is 6.54 Å². The van der Waals surface area contributed by atoms with Crippen LogP contribution in [0.15, 0.2) is 66.4 Å². The zero-order valence-corrected chi connectivity index (χ0v) is 14.4. The van der Waals surface area contributed by atoms with E-state index in [1.807, 2.05) is 25.1 Å². The fourth-order valence-corrected chi connectivity index (χ4v) is 2.80. The second kappa shape index (κ2) is 6.95. The van der Waals surface area contributed by atoms with Gasteiger partial charge in [0.1, 0.15) is 5.76 Å². The molecule has 1 aliphatic heterocycles. The van der Waals surface area contributed by atoms with E-state index in [4.69, 9.17) is 16.3 Å². The normalized spacial score (nSPS) is 13.8. The number of hydrogen-bond acceptors (Lipinski definition) is 3. The molecule has 0 saturated carbocycles. The molecule has 126 valence electrons. The van der Waals surface area contributed by atoms with Crippen molar-refractivity contribution in [2.24, 2.45) is 0 Å². The van der Waals surface area contributed by atoms with Crippen molar-refractivity contribution in [3.05, 3.63) is 88.2 Å². The van der Waals surface area contributed by atoms with Crippen molar-refractivity contribution < 1.29 is 14.3 Å². The summed E-state index contributed by atoms with van der Waals surface area (Å²) < 4.78 is 5.13. The van der Waals surface area contributed by atoms with Gasteiger partial charge in [-0.3, -0.25) is 4.79 Å². The van der Waals surface area contributed by atoms with Crippen LogP contribution in [-0.2, 0) is 9.53 Å². The summed E-state index contributed by atoms with van der Waals surface area (Å²) in [7, 11) is 0. The van der Waals surface area contributed by atoms with Crippen LogP contribution in [0.1, 0.15) is 21.5 Å². The minimum Gasteiger partial charge on any atom is -0.423 e. The summed E-state index contributed by atoms with van der Waals surface area (Å²) in [4.78, 5) is 24.4. The molecule has 3 rings (SSSR count). The third-order valence-electron chi connectivity index (χ3n) is 3.90. The fraction of sp³-hybridized carbons (Fsp3) is 0.100. The number of carbonyl (C=O) groups excluding carboxylic acids is 2. The van der Waals surface area contributed by atoms with Crippen molar-refractivity contribution in [1.29, 1.82) is 0 Å². The second-order valence-electron chi connectivity index (χ2n) is 5.73.